The third-order valence-corrected chi connectivity index (χ3v) is 4.73. The molecule has 6 nitrogen and oxygen atoms in total. The largest absolute Gasteiger partial charge is 0.481 e. The highest BCUT2D eigenvalue weighted by atomic mass is 16.6. The Kier molecular flexibility index (Phi) is 6.64. The summed E-state index contributed by atoms with van der Waals surface area (Å²) < 4.78 is 5.37. The average Bonchev–Trinajstić information content (AvgIpc) is 2.53. The monoisotopic (exact) mass is 362 g/mol. The van der Waals surface area contributed by atoms with E-state index in [0.29, 0.717) is 6.54 Å². The van der Waals surface area contributed by atoms with E-state index in [1.165, 1.54) is 5.56 Å². The van der Waals surface area contributed by atoms with E-state index in [-0.39, 0.29) is 12.0 Å². The van der Waals surface area contributed by atoms with Gasteiger partial charge in [-0.25, -0.2) is 4.79 Å². The minimum atomic E-state index is -0.831. The molecule has 6 heteroatoms. The smallest absolute Gasteiger partial charge is 0.407 e. The number of carbonyl (C=O) groups excluding carboxylic acids is 1. The number of benzene rings is 1. The van der Waals surface area contributed by atoms with Crippen molar-refractivity contribution in [3.05, 3.63) is 35.9 Å². The van der Waals surface area contributed by atoms with Gasteiger partial charge in [-0.15, -0.1) is 0 Å². The number of amides is 1. The van der Waals surface area contributed by atoms with E-state index >= 15 is 0 Å². The van der Waals surface area contributed by atoms with E-state index in [0.717, 1.165) is 19.5 Å². The molecule has 3 atom stereocenters. The van der Waals surface area contributed by atoms with Gasteiger partial charge in [0.05, 0.1) is 5.92 Å². The summed E-state index contributed by atoms with van der Waals surface area (Å²) in [4.78, 5) is 26.0. The minimum absolute atomic E-state index is 0.118. The van der Waals surface area contributed by atoms with Crippen molar-refractivity contribution >= 4 is 12.1 Å². The third kappa shape index (κ3) is 6.02. The molecule has 1 aliphatic heterocycles. The van der Waals surface area contributed by atoms with Gasteiger partial charge in [-0.3, -0.25) is 9.69 Å². The Bertz CT molecular complexity index is 612. The number of carbonyl (C=O) groups is 2. The second kappa shape index (κ2) is 8.54. The number of nitrogens with one attached hydrogen (secondary N) is 1. The number of alkyl carbamates (subject to hydrolysis) is 1. The maximum absolute atomic E-state index is 12.2. The first-order valence-corrected chi connectivity index (χ1v) is 9.14. The molecule has 0 aliphatic carbocycles. The Balaban J connectivity index is 2.07. The first-order chi connectivity index (χ1) is 12.2. The van der Waals surface area contributed by atoms with Gasteiger partial charge < -0.3 is 15.2 Å². The third-order valence-electron chi connectivity index (χ3n) is 4.73. The van der Waals surface area contributed by atoms with E-state index in [1.54, 1.807) is 6.92 Å². The minimum Gasteiger partial charge on any atom is -0.481 e. The molecule has 0 spiro atoms. The van der Waals surface area contributed by atoms with Gasteiger partial charge in [0.25, 0.3) is 0 Å². The topological polar surface area (TPSA) is 78.9 Å². The number of piperidine rings is 1. The number of hydrogen-bond acceptors (Lipinski definition) is 4. The molecule has 26 heavy (non-hydrogen) atoms. The van der Waals surface area contributed by atoms with E-state index in [1.807, 2.05) is 39.0 Å². The molecule has 0 radical (unpaired) electrons. The quantitative estimate of drug-likeness (QED) is 0.841. The van der Waals surface area contributed by atoms with Crippen molar-refractivity contribution < 1.29 is 19.4 Å². The molecule has 2 rings (SSSR count). The van der Waals surface area contributed by atoms with Crippen LogP contribution < -0.4 is 5.32 Å². The van der Waals surface area contributed by atoms with Crippen molar-refractivity contribution in [2.24, 2.45) is 11.8 Å². The lowest BCUT2D eigenvalue weighted by Gasteiger charge is -2.40. The lowest BCUT2D eigenvalue weighted by molar-refractivity contribution is -0.144. The zero-order chi connectivity index (χ0) is 19.3. The zero-order valence-corrected chi connectivity index (χ0v) is 16.1. The summed E-state index contributed by atoms with van der Waals surface area (Å²) in [5, 5.41) is 12.3. The van der Waals surface area contributed by atoms with Gasteiger partial charge in [0, 0.05) is 19.1 Å². The Morgan fingerprint density at radius 3 is 2.54 bits per heavy atom. The average molecular weight is 362 g/mol. The number of hydrogen-bond donors (Lipinski definition) is 2. The van der Waals surface area contributed by atoms with Crippen LogP contribution in [0.4, 0.5) is 4.79 Å². The Labute approximate surface area is 155 Å². The van der Waals surface area contributed by atoms with Crippen LogP contribution in [0.15, 0.2) is 30.3 Å². The van der Waals surface area contributed by atoms with Crippen LogP contribution in [0.2, 0.25) is 0 Å². The summed E-state index contributed by atoms with van der Waals surface area (Å²) in [7, 11) is 0. The fraction of sp³-hybridized carbons (Fsp3) is 0.600. The van der Waals surface area contributed by atoms with E-state index in [9.17, 15) is 14.7 Å². The summed E-state index contributed by atoms with van der Waals surface area (Å²) in [5.74, 6) is -1.47. The molecule has 1 heterocycles. The first-order valence-electron chi connectivity index (χ1n) is 9.14. The molecule has 1 amide bonds. The molecule has 1 aromatic carbocycles. The van der Waals surface area contributed by atoms with Gasteiger partial charge >= 0.3 is 12.1 Å². The number of ether oxygens (including phenoxy) is 1. The van der Waals surface area contributed by atoms with Crippen LogP contribution in [-0.4, -0.2) is 46.8 Å². The van der Waals surface area contributed by atoms with Crippen LogP contribution in [0.3, 0.4) is 0 Å². The van der Waals surface area contributed by atoms with Crippen molar-refractivity contribution in [1.82, 2.24) is 10.2 Å². The molecular weight excluding hydrogens is 332 g/mol. The normalized spacial score (nSPS) is 22.5. The zero-order valence-electron chi connectivity index (χ0n) is 16.1. The van der Waals surface area contributed by atoms with Crippen LogP contribution >= 0.6 is 0 Å². The lowest BCUT2D eigenvalue weighted by atomic mass is 9.81. The van der Waals surface area contributed by atoms with Crippen LogP contribution in [0.1, 0.15) is 39.7 Å². The second-order valence-corrected chi connectivity index (χ2v) is 8.05. The van der Waals surface area contributed by atoms with E-state index in [4.69, 9.17) is 4.74 Å². The summed E-state index contributed by atoms with van der Waals surface area (Å²) in [6.07, 6.45) is 0.229. The van der Waals surface area contributed by atoms with Crippen molar-refractivity contribution in [2.75, 3.05) is 13.1 Å². The van der Waals surface area contributed by atoms with Crippen molar-refractivity contribution in [3.8, 4) is 0 Å². The first kappa shape index (κ1) is 20.2. The highest BCUT2D eigenvalue weighted by Gasteiger charge is 2.37. The Morgan fingerprint density at radius 1 is 1.31 bits per heavy atom. The molecule has 0 aromatic heterocycles. The molecule has 144 valence electrons. The molecule has 3 unspecified atom stereocenters. The van der Waals surface area contributed by atoms with Crippen LogP contribution in [0.25, 0.3) is 0 Å². The molecule has 0 bridgehead atoms. The highest BCUT2D eigenvalue weighted by molar-refractivity contribution is 5.71. The van der Waals surface area contributed by atoms with Gasteiger partial charge in [0.1, 0.15) is 5.60 Å². The molecule has 1 aromatic rings. The maximum Gasteiger partial charge on any atom is 0.407 e. The molecule has 1 saturated heterocycles. The highest BCUT2D eigenvalue weighted by Crippen LogP contribution is 2.27. The van der Waals surface area contributed by atoms with Crippen molar-refractivity contribution in [2.45, 2.75) is 52.3 Å². The maximum atomic E-state index is 12.2. The Morgan fingerprint density at radius 2 is 1.96 bits per heavy atom. The predicted octanol–water partition coefficient (Wildman–Crippen LogP) is 3.12. The van der Waals surface area contributed by atoms with Gasteiger partial charge in [-0.05, 0) is 45.2 Å². The standard InChI is InChI=1S/C20H30N2O4/c1-14(18(23)24)16-10-11-22(12-15-8-6-5-7-9-15)13-17(16)21-19(25)26-20(2,3)4/h5-9,14,16-17H,10-13H2,1-4H3,(H,21,25)(H,23,24). The van der Waals surface area contributed by atoms with Gasteiger partial charge in [-0.1, -0.05) is 37.3 Å². The summed E-state index contributed by atoms with van der Waals surface area (Å²) >= 11 is 0. The van der Waals surface area contributed by atoms with Gasteiger partial charge in [0.15, 0.2) is 0 Å². The molecule has 2 N–H and O–H groups in total. The number of likely N-dealkylation sites (tertiary alicyclic amines) is 1. The van der Waals surface area contributed by atoms with E-state index in [2.05, 4.69) is 22.3 Å². The van der Waals surface area contributed by atoms with Crippen molar-refractivity contribution in [1.29, 1.82) is 0 Å². The summed E-state index contributed by atoms with van der Waals surface area (Å²) in [5.41, 5.74) is 0.615. The Hall–Kier alpha value is -2.08. The van der Waals surface area contributed by atoms with Crippen molar-refractivity contribution in [3.63, 3.8) is 0 Å². The lowest BCUT2D eigenvalue weighted by Crippen LogP contribution is -2.55. The SMILES string of the molecule is CC(C(=O)O)C1CCN(Cc2ccccc2)CC1NC(=O)OC(C)(C)C. The number of aliphatic carboxylic acids is 1. The number of carboxylic acids is 1. The summed E-state index contributed by atoms with van der Waals surface area (Å²) in [6.45, 7) is 9.34. The number of rotatable bonds is 5. The fourth-order valence-electron chi connectivity index (χ4n) is 3.42. The molecular formula is C20H30N2O4. The summed E-state index contributed by atoms with van der Waals surface area (Å²) in [6, 6.07) is 9.88. The van der Waals surface area contributed by atoms with Crippen LogP contribution in [0, 0.1) is 11.8 Å². The van der Waals surface area contributed by atoms with Crippen LogP contribution in [0.5, 0.6) is 0 Å². The van der Waals surface area contributed by atoms with E-state index < -0.39 is 23.6 Å². The van der Waals surface area contributed by atoms with Crippen LogP contribution in [-0.2, 0) is 16.1 Å². The molecule has 0 saturated carbocycles. The van der Waals surface area contributed by atoms with Gasteiger partial charge in [-0.2, -0.15) is 0 Å². The number of nitrogens with zero attached hydrogens (tertiary/aromatic N) is 1. The predicted molar refractivity (Wildman–Crippen MR) is 99.8 cm³/mol. The van der Waals surface area contributed by atoms with Gasteiger partial charge in [0.2, 0.25) is 0 Å². The number of carboxylic acid groups (broad SMARTS) is 1. The fourth-order valence-corrected chi connectivity index (χ4v) is 3.42. The molecule has 1 fully saturated rings. The molecule has 1 aliphatic rings. The second-order valence-electron chi connectivity index (χ2n) is 8.05.